The topological polar surface area (TPSA) is 76.6 Å². The first kappa shape index (κ1) is 17.9. The Balaban J connectivity index is 1.57. The Labute approximate surface area is 172 Å². The summed E-state index contributed by atoms with van der Waals surface area (Å²) < 4.78 is 2.09. The van der Waals surface area contributed by atoms with E-state index < -0.39 is 0 Å². The fraction of sp³-hybridized carbons (Fsp3) is 0.238. The molecule has 0 aliphatic carbocycles. The molecule has 0 bridgehead atoms. The number of fused-ring (bicyclic) bond motifs is 1. The smallest absolute Gasteiger partial charge is 0.269 e. The third-order valence-electron chi connectivity index (χ3n) is 5.30. The molecular formula is C21H19N5O2S. The van der Waals surface area contributed by atoms with Crippen molar-refractivity contribution in [3.8, 4) is 5.69 Å². The van der Waals surface area contributed by atoms with Crippen LogP contribution in [0.15, 0.2) is 72.0 Å². The number of pyridine rings is 1. The Kier molecular flexibility index (Phi) is 4.35. The van der Waals surface area contributed by atoms with E-state index in [1.807, 2.05) is 30.5 Å². The summed E-state index contributed by atoms with van der Waals surface area (Å²) in [6.45, 7) is 3.15. The fourth-order valence-electron chi connectivity index (χ4n) is 4.04. The summed E-state index contributed by atoms with van der Waals surface area (Å²) in [5, 5.41) is 12.6. The van der Waals surface area contributed by atoms with Crippen LogP contribution in [0.3, 0.4) is 0 Å². The van der Waals surface area contributed by atoms with Crippen molar-refractivity contribution in [2.24, 2.45) is 4.99 Å². The first-order chi connectivity index (χ1) is 14.1. The van der Waals surface area contributed by atoms with Crippen LogP contribution in [-0.2, 0) is 0 Å². The Morgan fingerprint density at radius 1 is 1.14 bits per heavy atom. The van der Waals surface area contributed by atoms with E-state index in [9.17, 15) is 10.1 Å². The number of aliphatic imine (C=N–C) groups is 1. The second-order valence-corrected chi connectivity index (χ2v) is 8.62. The minimum atomic E-state index is -0.378. The lowest BCUT2D eigenvalue weighted by Gasteiger charge is -2.28. The molecule has 2 aromatic heterocycles. The molecule has 4 heterocycles. The summed E-state index contributed by atoms with van der Waals surface area (Å²) in [5.41, 5.74) is 3.03. The number of aromatic nitrogens is 2. The zero-order valence-electron chi connectivity index (χ0n) is 15.8. The summed E-state index contributed by atoms with van der Waals surface area (Å²) in [7, 11) is 0. The van der Waals surface area contributed by atoms with Crippen molar-refractivity contribution in [1.29, 1.82) is 0 Å². The fourth-order valence-corrected chi connectivity index (χ4v) is 5.14. The second-order valence-electron chi connectivity index (χ2n) is 7.21. The van der Waals surface area contributed by atoms with Gasteiger partial charge in [-0.05, 0) is 36.4 Å². The van der Waals surface area contributed by atoms with Gasteiger partial charge in [0.25, 0.3) is 5.69 Å². The molecule has 29 heavy (non-hydrogen) atoms. The minimum Gasteiger partial charge on any atom is -0.339 e. The maximum Gasteiger partial charge on any atom is 0.269 e. The van der Waals surface area contributed by atoms with E-state index in [1.54, 1.807) is 42.2 Å². The highest BCUT2D eigenvalue weighted by Gasteiger charge is 2.44. The first-order valence-corrected chi connectivity index (χ1v) is 10.3. The summed E-state index contributed by atoms with van der Waals surface area (Å²) in [5.74, 6) is 0. The van der Waals surface area contributed by atoms with Crippen LogP contribution in [0, 0.1) is 10.1 Å². The zero-order valence-corrected chi connectivity index (χ0v) is 16.6. The van der Waals surface area contributed by atoms with E-state index in [0.29, 0.717) is 5.25 Å². The van der Waals surface area contributed by atoms with Gasteiger partial charge in [0.05, 0.1) is 16.7 Å². The molecule has 146 valence electrons. The average Bonchev–Trinajstić information content (AvgIpc) is 3.42. The van der Waals surface area contributed by atoms with Crippen LogP contribution in [0.5, 0.6) is 0 Å². The highest BCUT2D eigenvalue weighted by molar-refractivity contribution is 8.14. The van der Waals surface area contributed by atoms with Crippen LogP contribution >= 0.6 is 11.8 Å². The van der Waals surface area contributed by atoms with Gasteiger partial charge >= 0.3 is 0 Å². The number of thioether (sulfide) groups is 1. The second kappa shape index (κ2) is 7.04. The third kappa shape index (κ3) is 3.09. The maximum absolute atomic E-state index is 11.0. The monoisotopic (exact) mass is 405 g/mol. The maximum atomic E-state index is 11.0. The van der Waals surface area contributed by atoms with E-state index in [4.69, 9.17) is 4.99 Å². The third-order valence-corrected chi connectivity index (χ3v) is 6.41. The normalized spacial score (nSPS) is 23.1. The highest BCUT2D eigenvalue weighted by atomic mass is 32.2. The Hall–Kier alpha value is -3.13. The van der Waals surface area contributed by atoms with Crippen molar-refractivity contribution < 1.29 is 4.92 Å². The molecule has 3 aromatic rings. The van der Waals surface area contributed by atoms with Gasteiger partial charge in [0, 0.05) is 47.7 Å². The van der Waals surface area contributed by atoms with Crippen LogP contribution in [-0.4, -0.2) is 36.3 Å². The van der Waals surface area contributed by atoms with Crippen molar-refractivity contribution in [2.45, 2.75) is 24.3 Å². The number of nitro benzene ring substituents is 1. The molecule has 0 N–H and O–H groups in total. The first-order valence-electron chi connectivity index (χ1n) is 9.46. The number of nitrogens with zero attached hydrogens (tertiary/aromatic N) is 5. The van der Waals surface area contributed by atoms with Gasteiger partial charge in [-0.3, -0.25) is 20.1 Å². The van der Waals surface area contributed by atoms with E-state index >= 15 is 0 Å². The SMILES string of the molecule is C[C@@H]1CN2C(=N[C@@H](c3ccccn3)[C@@H]2c2cccn2-c2ccc([N+](=O)[O-])cc2)S1. The molecule has 5 rings (SSSR count). The number of hydrogen-bond donors (Lipinski definition) is 0. The van der Waals surface area contributed by atoms with Crippen LogP contribution in [0.25, 0.3) is 5.69 Å². The van der Waals surface area contributed by atoms with E-state index in [0.717, 1.165) is 28.8 Å². The Bertz CT molecular complexity index is 1080. The molecule has 0 amide bonds. The number of benzene rings is 1. The minimum absolute atomic E-state index is 0.0301. The van der Waals surface area contributed by atoms with Gasteiger partial charge in [-0.1, -0.05) is 24.8 Å². The van der Waals surface area contributed by atoms with Crippen molar-refractivity contribution >= 4 is 22.6 Å². The predicted molar refractivity (Wildman–Crippen MR) is 113 cm³/mol. The van der Waals surface area contributed by atoms with Crippen LogP contribution in [0.1, 0.15) is 30.4 Å². The number of amidine groups is 1. The molecule has 1 aromatic carbocycles. The largest absolute Gasteiger partial charge is 0.339 e. The Morgan fingerprint density at radius 2 is 1.97 bits per heavy atom. The molecule has 7 nitrogen and oxygen atoms in total. The summed E-state index contributed by atoms with van der Waals surface area (Å²) in [4.78, 5) is 22.6. The Morgan fingerprint density at radius 3 is 2.69 bits per heavy atom. The van der Waals surface area contributed by atoms with Gasteiger partial charge in [-0.2, -0.15) is 0 Å². The molecule has 1 saturated heterocycles. The van der Waals surface area contributed by atoms with Crippen LogP contribution in [0.4, 0.5) is 5.69 Å². The van der Waals surface area contributed by atoms with Crippen LogP contribution < -0.4 is 0 Å². The van der Waals surface area contributed by atoms with Gasteiger partial charge in [-0.15, -0.1) is 0 Å². The predicted octanol–water partition coefficient (Wildman–Crippen LogP) is 4.37. The quantitative estimate of drug-likeness (QED) is 0.476. The van der Waals surface area contributed by atoms with Crippen LogP contribution in [0.2, 0.25) is 0 Å². The summed E-state index contributed by atoms with van der Waals surface area (Å²) >= 11 is 1.81. The molecule has 0 spiro atoms. The average molecular weight is 405 g/mol. The van der Waals surface area contributed by atoms with E-state index in [1.165, 1.54) is 0 Å². The number of rotatable bonds is 4. The molecule has 0 unspecified atom stereocenters. The highest BCUT2D eigenvalue weighted by Crippen LogP contribution is 2.47. The molecule has 3 atom stereocenters. The van der Waals surface area contributed by atoms with Crippen molar-refractivity contribution in [3.05, 3.63) is 88.5 Å². The molecule has 1 fully saturated rings. The molecule has 2 aliphatic heterocycles. The number of hydrogen-bond acceptors (Lipinski definition) is 6. The van der Waals surface area contributed by atoms with E-state index in [-0.39, 0.29) is 22.7 Å². The summed E-state index contributed by atoms with van der Waals surface area (Å²) in [6.07, 6.45) is 3.80. The lowest BCUT2D eigenvalue weighted by Crippen LogP contribution is -2.30. The molecule has 0 radical (unpaired) electrons. The van der Waals surface area contributed by atoms with Gasteiger partial charge in [0.15, 0.2) is 5.17 Å². The molecule has 0 saturated carbocycles. The zero-order chi connectivity index (χ0) is 20.0. The molecule has 2 aliphatic rings. The van der Waals surface area contributed by atoms with Crippen molar-refractivity contribution in [2.75, 3.05) is 6.54 Å². The van der Waals surface area contributed by atoms with Gasteiger partial charge < -0.3 is 9.47 Å². The standard InChI is InChI=1S/C21H19N5O2S/c1-14-13-25-20(19(23-21(25)29-14)17-5-2-3-11-22-17)18-6-4-12-24(18)15-7-9-16(10-8-15)26(27)28/h2-12,14,19-20H,13H2,1H3/t14-,19+,20+/m1/s1. The number of non-ortho nitro benzene ring substituents is 1. The van der Waals surface area contributed by atoms with Gasteiger partial charge in [0.2, 0.25) is 0 Å². The summed E-state index contributed by atoms with van der Waals surface area (Å²) in [6, 6.07) is 16.7. The molecular weight excluding hydrogens is 386 g/mol. The van der Waals surface area contributed by atoms with Crippen molar-refractivity contribution in [3.63, 3.8) is 0 Å². The number of nitro groups is 1. The van der Waals surface area contributed by atoms with Gasteiger partial charge in [-0.25, -0.2) is 0 Å². The van der Waals surface area contributed by atoms with Gasteiger partial charge in [0.1, 0.15) is 6.04 Å². The molecule has 8 heteroatoms. The van der Waals surface area contributed by atoms with E-state index in [2.05, 4.69) is 27.4 Å². The lowest BCUT2D eigenvalue weighted by atomic mass is 10.0. The van der Waals surface area contributed by atoms with Crippen molar-refractivity contribution in [1.82, 2.24) is 14.5 Å². The lowest BCUT2D eigenvalue weighted by molar-refractivity contribution is -0.384.